The first-order valence-corrected chi connectivity index (χ1v) is 7.84. The van der Waals surface area contributed by atoms with Crippen molar-refractivity contribution < 1.29 is 13.2 Å². The summed E-state index contributed by atoms with van der Waals surface area (Å²) in [7, 11) is -1.54. The Balaban J connectivity index is 2.42. The van der Waals surface area contributed by atoms with Crippen LogP contribution in [0.15, 0.2) is 23.1 Å². The van der Waals surface area contributed by atoms with E-state index in [0.29, 0.717) is 11.3 Å². The summed E-state index contributed by atoms with van der Waals surface area (Å²) in [5, 5.41) is 0. The molecule has 104 valence electrons. The lowest BCUT2D eigenvalue weighted by Gasteiger charge is -2.21. The summed E-state index contributed by atoms with van der Waals surface area (Å²) in [6.07, 6.45) is 1.83. The average molecular weight is 282 g/mol. The van der Waals surface area contributed by atoms with Crippen molar-refractivity contribution >= 4 is 20.9 Å². The van der Waals surface area contributed by atoms with E-state index >= 15 is 0 Å². The first-order valence-electron chi connectivity index (χ1n) is 5.95. The van der Waals surface area contributed by atoms with E-state index in [1.807, 2.05) is 13.8 Å². The number of methoxy groups -OCH3 is 1. The number of fused-ring (bicyclic) bond motifs is 1. The first kappa shape index (κ1) is 14.0. The molecule has 0 aliphatic rings. The highest BCUT2D eigenvalue weighted by Gasteiger charge is 2.19. The van der Waals surface area contributed by atoms with E-state index in [0.717, 1.165) is 16.9 Å². The lowest BCUT2D eigenvalue weighted by molar-refractivity contribution is 0.0218. The molecule has 0 saturated carbocycles. The number of nitrogens with zero attached hydrogens (tertiary/aromatic N) is 1. The normalized spacial score (nSPS) is 13.1. The van der Waals surface area contributed by atoms with Crippen molar-refractivity contribution in [3.63, 3.8) is 0 Å². The highest BCUT2D eigenvalue weighted by Crippen LogP contribution is 2.20. The Morgan fingerprint density at radius 3 is 2.63 bits per heavy atom. The summed E-state index contributed by atoms with van der Waals surface area (Å²) in [5.41, 5.74) is 1.17. The van der Waals surface area contributed by atoms with E-state index in [4.69, 9.17) is 4.74 Å². The summed E-state index contributed by atoms with van der Waals surface area (Å²) in [5.74, 6) is 0.785. The molecule has 0 atom stereocenters. The quantitative estimate of drug-likeness (QED) is 0.930. The van der Waals surface area contributed by atoms with Crippen LogP contribution in [-0.4, -0.2) is 37.4 Å². The second-order valence-electron chi connectivity index (χ2n) is 5.28. The van der Waals surface area contributed by atoms with Gasteiger partial charge in [0.2, 0.25) is 0 Å². The van der Waals surface area contributed by atoms with E-state index in [2.05, 4.69) is 9.97 Å². The molecule has 1 aromatic carbocycles. The largest absolute Gasteiger partial charge is 0.378 e. The molecule has 5 nitrogen and oxygen atoms in total. The predicted octanol–water partition coefficient (Wildman–Crippen LogP) is 1.93. The minimum Gasteiger partial charge on any atom is -0.378 e. The van der Waals surface area contributed by atoms with Crippen molar-refractivity contribution in [1.82, 2.24) is 9.97 Å². The molecule has 2 rings (SSSR count). The molecular weight excluding hydrogens is 264 g/mol. The number of rotatable bonds is 4. The number of sulfone groups is 1. The molecular formula is C13H18N2O3S. The molecule has 0 amide bonds. The second-order valence-corrected chi connectivity index (χ2v) is 7.29. The molecule has 0 bridgehead atoms. The van der Waals surface area contributed by atoms with Gasteiger partial charge >= 0.3 is 0 Å². The third-order valence-electron chi connectivity index (χ3n) is 3.08. The van der Waals surface area contributed by atoms with E-state index in [1.165, 1.54) is 6.26 Å². The van der Waals surface area contributed by atoms with Gasteiger partial charge in [-0.25, -0.2) is 13.4 Å². The number of imidazole rings is 1. The molecule has 1 N–H and O–H groups in total. The minimum atomic E-state index is -3.20. The van der Waals surface area contributed by atoms with Crippen LogP contribution in [0.1, 0.15) is 19.7 Å². The van der Waals surface area contributed by atoms with Crippen molar-refractivity contribution in [2.45, 2.75) is 30.8 Å². The molecule has 1 aromatic heterocycles. The molecule has 0 aliphatic heterocycles. The zero-order valence-electron chi connectivity index (χ0n) is 11.5. The Morgan fingerprint density at radius 1 is 1.37 bits per heavy atom. The Morgan fingerprint density at radius 2 is 2.05 bits per heavy atom. The monoisotopic (exact) mass is 282 g/mol. The predicted molar refractivity (Wildman–Crippen MR) is 74.0 cm³/mol. The maximum atomic E-state index is 11.5. The van der Waals surface area contributed by atoms with E-state index in [-0.39, 0.29) is 5.60 Å². The summed E-state index contributed by atoms with van der Waals surface area (Å²) in [6, 6.07) is 4.90. The van der Waals surface area contributed by atoms with Crippen LogP contribution < -0.4 is 0 Å². The zero-order valence-corrected chi connectivity index (χ0v) is 12.3. The Bertz CT molecular complexity index is 702. The van der Waals surface area contributed by atoms with Gasteiger partial charge in [0.1, 0.15) is 5.82 Å². The van der Waals surface area contributed by atoms with Crippen LogP contribution in [0.5, 0.6) is 0 Å². The average Bonchev–Trinajstić information content (AvgIpc) is 2.67. The fourth-order valence-electron chi connectivity index (χ4n) is 1.83. The van der Waals surface area contributed by atoms with Gasteiger partial charge in [0.15, 0.2) is 9.84 Å². The Labute approximate surface area is 112 Å². The Kier molecular flexibility index (Phi) is 3.40. The number of ether oxygens (including phenoxy) is 1. The van der Waals surface area contributed by atoms with Crippen LogP contribution in [0.2, 0.25) is 0 Å². The molecule has 19 heavy (non-hydrogen) atoms. The number of aromatic nitrogens is 2. The standard InChI is InChI=1S/C13H18N2O3S/c1-13(2,18-3)8-12-14-10-6-5-9(19(4,16)17)7-11(10)15-12/h5-7H,8H2,1-4H3,(H,14,15). The van der Waals surface area contributed by atoms with E-state index < -0.39 is 9.84 Å². The fraction of sp³-hybridized carbons (Fsp3) is 0.462. The van der Waals surface area contributed by atoms with Gasteiger partial charge < -0.3 is 9.72 Å². The molecule has 0 unspecified atom stereocenters. The van der Waals surface area contributed by atoms with Gasteiger partial charge in [-0.15, -0.1) is 0 Å². The van der Waals surface area contributed by atoms with E-state index in [1.54, 1.807) is 25.3 Å². The first-order chi connectivity index (χ1) is 8.71. The number of aromatic amines is 1. The third kappa shape index (κ3) is 3.13. The molecule has 0 aliphatic carbocycles. The van der Waals surface area contributed by atoms with Gasteiger partial charge in [-0.1, -0.05) is 0 Å². The van der Waals surface area contributed by atoms with E-state index in [9.17, 15) is 8.42 Å². The molecule has 0 saturated heterocycles. The van der Waals surface area contributed by atoms with Gasteiger partial charge in [-0.2, -0.15) is 0 Å². The summed E-state index contributed by atoms with van der Waals surface area (Å²) in [4.78, 5) is 7.87. The molecule has 0 radical (unpaired) electrons. The van der Waals surface area contributed by atoms with Crippen LogP contribution in [-0.2, 0) is 21.0 Å². The van der Waals surface area contributed by atoms with Gasteiger partial charge in [0.25, 0.3) is 0 Å². The highest BCUT2D eigenvalue weighted by atomic mass is 32.2. The molecule has 0 fully saturated rings. The van der Waals surface area contributed by atoms with Crippen LogP contribution in [0.4, 0.5) is 0 Å². The van der Waals surface area contributed by atoms with Gasteiger partial charge in [0.05, 0.1) is 21.5 Å². The summed E-state index contributed by atoms with van der Waals surface area (Å²) < 4.78 is 28.4. The van der Waals surface area contributed by atoms with Crippen LogP contribution >= 0.6 is 0 Å². The van der Waals surface area contributed by atoms with Crippen molar-refractivity contribution in [2.24, 2.45) is 0 Å². The topological polar surface area (TPSA) is 72.0 Å². The molecule has 1 heterocycles. The number of benzene rings is 1. The van der Waals surface area contributed by atoms with Crippen molar-refractivity contribution in [3.8, 4) is 0 Å². The number of H-pyrrole nitrogens is 1. The van der Waals surface area contributed by atoms with Gasteiger partial charge in [-0.05, 0) is 32.0 Å². The summed E-state index contributed by atoms with van der Waals surface area (Å²) >= 11 is 0. The van der Waals surface area contributed by atoms with Crippen LogP contribution in [0.25, 0.3) is 11.0 Å². The molecule has 2 aromatic rings. The third-order valence-corrected chi connectivity index (χ3v) is 4.19. The SMILES string of the molecule is COC(C)(C)Cc1nc2ccc(S(C)(=O)=O)cc2[nH]1. The lowest BCUT2D eigenvalue weighted by Crippen LogP contribution is -2.26. The van der Waals surface area contributed by atoms with Crippen molar-refractivity contribution in [3.05, 3.63) is 24.0 Å². The van der Waals surface area contributed by atoms with Gasteiger partial charge in [-0.3, -0.25) is 0 Å². The Hall–Kier alpha value is -1.40. The van der Waals surface area contributed by atoms with Gasteiger partial charge in [0, 0.05) is 19.8 Å². The smallest absolute Gasteiger partial charge is 0.175 e. The second kappa shape index (κ2) is 4.61. The van der Waals surface area contributed by atoms with Crippen molar-refractivity contribution in [1.29, 1.82) is 0 Å². The fourth-order valence-corrected chi connectivity index (χ4v) is 2.48. The van der Waals surface area contributed by atoms with Crippen LogP contribution in [0, 0.1) is 0 Å². The van der Waals surface area contributed by atoms with Crippen molar-refractivity contribution in [2.75, 3.05) is 13.4 Å². The maximum Gasteiger partial charge on any atom is 0.175 e. The zero-order chi connectivity index (χ0) is 14.3. The maximum absolute atomic E-state index is 11.5. The minimum absolute atomic E-state index is 0.293. The number of hydrogen-bond donors (Lipinski definition) is 1. The molecule has 6 heteroatoms. The molecule has 0 spiro atoms. The number of hydrogen-bond acceptors (Lipinski definition) is 4. The number of nitrogens with one attached hydrogen (secondary N) is 1. The highest BCUT2D eigenvalue weighted by molar-refractivity contribution is 7.90. The lowest BCUT2D eigenvalue weighted by atomic mass is 10.1. The summed E-state index contributed by atoms with van der Waals surface area (Å²) in [6.45, 7) is 3.95. The van der Waals surface area contributed by atoms with Crippen LogP contribution in [0.3, 0.4) is 0 Å².